The highest BCUT2D eigenvalue weighted by atomic mass is 35.5. The number of halogens is 4. The number of rotatable bonds is 6. The fourth-order valence-electron chi connectivity index (χ4n) is 2.07. The summed E-state index contributed by atoms with van der Waals surface area (Å²) in [6.45, 7) is -0.0931. The predicted octanol–water partition coefficient (Wildman–Crippen LogP) is 3.79. The SMILES string of the molecule is O=[N+]([O-])c1cc(S(=O)(=O)NCCc2ccc(C(F)(F)F)cc2)ccc1Cl. The number of nitro benzene ring substituents is 1. The molecule has 140 valence electrons. The van der Waals surface area contributed by atoms with Crippen molar-refractivity contribution in [3.05, 3.63) is 68.7 Å². The van der Waals surface area contributed by atoms with E-state index >= 15 is 0 Å². The van der Waals surface area contributed by atoms with Gasteiger partial charge >= 0.3 is 6.18 Å². The van der Waals surface area contributed by atoms with Gasteiger partial charge in [0.15, 0.2) is 0 Å². The van der Waals surface area contributed by atoms with Gasteiger partial charge in [-0.1, -0.05) is 23.7 Å². The van der Waals surface area contributed by atoms with Gasteiger partial charge in [0.2, 0.25) is 10.0 Å². The Morgan fingerprint density at radius 1 is 1.12 bits per heavy atom. The minimum absolute atomic E-state index is 0.0931. The number of benzene rings is 2. The van der Waals surface area contributed by atoms with Crippen molar-refractivity contribution >= 4 is 27.3 Å². The van der Waals surface area contributed by atoms with Crippen LogP contribution in [-0.2, 0) is 22.6 Å². The molecule has 26 heavy (non-hydrogen) atoms. The Morgan fingerprint density at radius 3 is 2.27 bits per heavy atom. The molecule has 0 bridgehead atoms. The molecule has 0 aliphatic carbocycles. The Labute approximate surface area is 151 Å². The Morgan fingerprint density at radius 2 is 1.73 bits per heavy atom. The number of sulfonamides is 1. The second-order valence-electron chi connectivity index (χ2n) is 5.21. The number of nitro groups is 1. The van der Waals surface area contributed by atoms with Crippen LogP contribution in [0.3, 0.4) is 0 Å². The smallest absolute Gasteiger partial charge is 0.258 e. The van der Waals surface area contributed by atoms with E-state index in [-0.39, 0.29) is 22.9 Å². The molecule has 0 spiro atoms. The molecule has 2 aromatic rings. The number of nitrogens with one attached hydrogen (secondary N) is 1. The Hall–Kier alpha value is -2.17. The number of nitrogens with zero attached hydrogens (tertiary/aromatic N) is 1. The number of hydrogen-bond acceptors (Lipinski definition) is 4. The van der Waals surface area contributed by atoms with Crippen LogP contribution in [0.15, 0.2) is 47.4 Å². The van der Waals surface area contributed by atoms with Crippen LogP contribution in [0.4, 0.5) is 18.9 Å². The van der Waals surface area contributed by atoms with Crippen molar-refractivity contribution in [2.75, 3.05) is 6.54 Å². The maximum Gasteiger partial charge on any atom is 0.416 e. The summed E-state index contributed by atoms with van der Waals surface area (Å²) < 4.78 is 64.0. The van der Waals surface area contributed by atoms with Gasteiger partial charge in [-0.2, -0.15) is 13.2 Å². The molecular formula is C15H12ClF3N2O4S. The highest BCUT2D eigenvalue weighted by Crippen LogP contribution is 2.29. The molecule has 0 amide bonds. The molecule has 0 aliphatic rings. The van der Waals surface area contributed by atoms with Gasteiger partial charge in [-0.25, -0.2) is 13.1 Å². The minimum atomic E-state index is -4.44. The van der Waals surface area contributed by atoms with E-state index in [1.54, 1.807) is 0 Å². The largest absolute Gasteiger partial charge is 0.416 e. The summed E-state index contributed by atoms with van der Waals surface area (Å²) in [5.74, 6) is 0. The first-order valence-electron chi connectivity index (χ1n) is 7.10. The third kappa shape index (κ3) is 4.93. The number of hydrogen-bond donors (Lipinski definition) is 1. The zero-order valence-electron chi connectivity index (χ0n) is 13.0. The minimum Gasteiger partial charge on any atom is -0.258 e. The molecule has 2 rings (SSSR count). The topological polar surface area (TPSA) is 89.3 Å². The summed E-state index contributed by atoms with van der Waals surface area (Å²) in [4.78, 5) is 9.69. The normalized spacial score (nSPS) is 12.2. The van der Waals surface area contributed by atoms with E-state index in [2.05, 4.69) is 4.72 Å². The Balaban J connectivity index is 2.05. The van der Waals surface area contributed by atoms with Gasteiger partial charge in [0.05, 0.1) is 15.4 Å². The van der Waals surface area contributed by atoms with E-state index in [9.17, 15) is 31.7 Å². The van der Waals surface area contributed by atoms with E-state index < -0.39 is 32.4 Å². The van der Waals surface area contributed by atoms with Gasteiger partial charge in [0.1, 0.15) is 5.02 Å². The van der Waals surface area contributed by atoms with Gasteiger partial charge < -0.3 is 0 Å². The monoisotopic (exact) mass is 408 g/mol. The Kier molecular flexibility index (Phi) is 5.89. The van der Waals surface area contributed by atoms with Crippen LogP contribution in [0.25, 0.3) is 0 Å². The molecule has 0 unspecified atom stereocenters. The molecule has 0 atom stereocenters. The second kappa shape index (κ2) is 7.60. The van der Waals surface area contributed by atoms with Crippen molar-refractivity contribution in [1.29, 1.82) is 0 Å². The summed E-state index contributed by atoms with van der Waals surface area (Å²) in [6, 6.07) is 7.38. The summed E-state index contributed by atoms with van der Waals surface area (Å²) >= 11 is 5.63. The van der Waals surface area contributed by atoms with Crippen molar-refractivity contribution in [3.63, 3.8) is 0 Å². The van der Waals surface area contributed by atoms with Crippen molar-refractivity contribution in [2.45, 2.75) is 17.5 Å². The molecule has 6 nitrogen and oxygen atoms in total. The molecule has 0 saturated heterocycles. The zero-order chi connectivity index (χ0) is 19.5. The first-order chi connectivity index (χ1) is 12.0. The maximum absolute atomic E-state index is 12.5. The lowest BCUT2D eigenvalue weighted by Gasteiger charge is -2.09. The van der Waals surface area contributed by atoms with Crippen LogP contribution < -0.4 is 4.72 Å². The third-order valence-electron chi connectivity index (χ3n) is 3.41. The van der Waals surface area contributed by atoms with Crippen molar-refractivity contribution in [2.24, 2.45) is 0 Å². The van der Waals surface area contributed by atoms with Crippen LogP contribution in [0.2, 0.25) is 5.02 Å². The van der Waals surface area contributed by atoms with Crippen LogP contribution in [0.5, 0.6) is 0 Å². The zero-order valence-corrected chi connectivity index (χ0v) is 14.5. The maximum atomic E-state index is 12.5. The molecule has 11 heteroatoms. The summed E-state index contributed by atoms with van der Waals surface area (Å²) in [5, 5.41) is 10.6. The van der Waals surface area contributed by atoms with Gasteiger partial charge in [-0.05, 0) is 36.2 Å². The molecule has 0 fully saturated rings. The fraction of sp³-hybridized carbons (Fsp3) is 0.200. The molecule has 0 radical (unpaired) electrons. The van der Waals surface area contributed by atoms with Crippen LogP contribution in [0, 0.1) is 10.1 Å². The molecule has 0 heterocycles. The van der Waals surface area contributed by atoms with Crippen molar-refractivity contribution < 1.29 is 26.5 Å². The van der Waals surface area contributed by atoms with E-state index in [0.29, 0.717) is 5.56 Å². The van der Waals surface area contributed by atoms with Gasteiger partial charge in [-0.3, -0.25) is 10.1 Å². The summed E-state index contributed by atoms with van der Waals surface area (Å²) in [5.41, 5.74) is -0.838. The average molecular weight is 409 g/mol. The molecule has 2 aromatic carbocycles. The van der Waals surface area contributed by atoms with Crippen LogP contribution in [0.1, 0.15) is 11.1 Å². The molecular weight excluding hydrogens is 397 g/mol. The molecule has 0 aliphatic heterocycles. The van der Waals surface area contributed by atoms with E-state index in [1.165, 1.54) is 12.1 Å². The van der Waals surface area contributed by atoms with E-state index in [0.717, 1.165) is 30.3 Å². The van der Waals surface area contributed by atoms with Gasteiger partial charge in [0, 0.05) is 12.6 Å². The second-order valence-corrected chi connectivity index (χ2v) is 7.39. The highest BCUT2D eigenvalue weighted by molar-refractivity contribution is 7.89. The quantitative estimate of drug-likeness (QED) is 0.581. The van der Waals surface area contributed by atoms with Crippen molar-refractivity contribution in [3.8, 4) is 0 Å². The first-order valence-corrected chi connectivity index (χ1v) is 8.96. The van der Waals surface area contributed by atoms with Crippen molar-refractivity contribution in [1.82, 2.24) is 4.72 Å². The molecule has 1 N–H and O–H groups in total. The summed E-state index contributed by atoms with van der Waals surface area (Å²) in [7, 11) is -4.03. The molecule has 0 aromatic heterocycles. The molecule has 0 saturated carbocycles. The fourth-order valence-corrected chi connectivity index (χ4v) is 3.31. The van der Waals surface area contributed by atoms with E-state index in [4.69, 9.17) is 11.6 Å². The lowest BCUT2D eigenvalue weighted by Crippen LogP contribution is -2.26. The van der Waals surface area contributed by atoms with Gasteiger partial charge in [0.25, 0.3) is 5.69 Å². The third-order valence-corrected chi connectivity index (χ3v) is 5.19. The van der Waals surface area contributed by atoms with E-state index in [1.807, 2.05) is 0 Å². The van der Waals surface area contributed by atoms with Gasteiger partial charge in [-0.15, -0.1) is 0 Å². The summed E-state index contributed by atoms with van der Waals surface area (Å²) in [6.07, 6.45) is -4.30. The first kappa shape index (κ1) is 20.1. The lowest BCUT2D eigenvalue weighted by atomic mass is 10.1. The van der Waals surface area contributed by atoms with Crippen LogP contribution >= 0.6 is 11.6 Å². The highest BCUT2D eigenvalue weighted by Gasteiger charge is 2.29. The van der Waals surface area contributed by atoms with Crippen LogP contribution in [-0.4, -0.2) is 19.9 Å². The standard InChI is InChI=1S/C15H12ClF3N2O4S/c16-13-6-5-12(9-14(13)21(22)23)26(24,25)20-8-7-10-1-3-11(4-2-10)15(17,18)19/h1-6,9,20H,7-8H2. The Bertz CT molecular complexity index is 915. The predicted molar refractivity (Wildman–Crippen MR) is 88.4 cm³/mol. The lowest BCUT2D eigenvalue weighted by molar-refractivity contribution is -0.384. The average Bonchev–Trinajstić information content (AvgIpc) is 2.54. The number of alkyl halides is 3.